The number of methoxy groups -OCH3 is 1. The molecule has 0 saturated heterocycles. The van der Waals surface area contributed by atoms with Gasteiger partial charge in [-0.1, -0.05) is 0 Å². The van der Waals surface area contributed by atoms with E-state index in [1.54, 1.807) is 7.11 Å². The second-order valence-corrected chi connectivity index (χ2v) is 6.15. The molecule has 0 amide bonds. The molecule has 0 bridgehead atoms. The molecule has 0 aliphatic heterocycles. The van der Waals surface area contributed by atoms with E-state index >= 15 is 0 Å². The number of ether oxygens (including phenoxy) is 2. The summed E-state index contributed by atoms with van der Waals surface area (Å²) in [5.74, 6) is 3.09. The van der Waals surface area contributed by atoms with Crippen LogP contribution in [0, 0.1) is 6.92 Å². The van der Waals surface area contributed by atoms with Crippen LogP contribution in [0.3, 0.4) is 0 Å². The van der Waals surface area contributed by atoms with Crippen LogP contribution in [0.5, 0.6) is 5.88 Å². The first-order chi connectivity index (χ1) is 10.2. The number of aromatic nitrogens is 2. The molecule has 2 aliphatic rings. The summed E-state index contributed by atoms with van der Waals surface area (Å²) in [7, 11) is 3.69. The Labute approximate surface area is 126 Å². The van der Waals surface area contributed by atoms with Crippen molar-refractivity contribution in [3.63, 3.8) is 0 Å². The third-order valence-corrected chi connectivity index (χ3v) is 4.49. The molecular formula is C16H25N3O2. The Morgan fingerprint density at radius 1 is 1.10 bits per heavy atom. The van der Waals surface area contributed by atoms with E-state index in [9.17, 15) is 0 Å². The van der Waals surface area contributed by atoms with Gasteiger partial charge in [0.2, 0.25) is 5.88 Å². The van der Waals surface area contributed by atoms with E-state index < -0.39 is 0 Å². The summed E-state index contributed by atoms with van der Waals surface area (Å²) in [6.45, 7) is 2.02. The number of anilines is 1. The quantitative estimate of drug-likeness (QED) is 0.903. The molecule has 0 aromatic carbocycles. The van der Waals surface area contributed by atoms with Gasteiger partial charge in [-0.2, -0.15) is 4.98 Å². The average molecular weight is 291 g/mol. The van der Waals surface area contributed by atoms with Gasteiger partial charge in [0.25, 0.3) is 0 Å². The molecule has 0 spiro atoms. The number of nitrogens with one attached hydrogen (secondary N) is 1. The smallest absolute Gasteiger partial charge is 0.222 e. The third kappa shape index (κ3) is 3.28. The zero-order chi connectivity index (χ0) is 14.8. The highest BCUT2D eigenvalue weighted by atomic mass is 16.5. The third-order valence-electron chi connectivity index (χ3n) is 4.49. The van der Waals surface area contributed by atoms with Gasteiger partial charge in [-0.25, -0.2) is 4.98 Å². The van der Waals surface area contributed by atoms with Crippen molar-refractivity contribution in [1.82, 2.24) is 9.97 Å². The van der Waals surface area contributed by atoms with Crippen LogP contribution in [0.15, 0.2) is 0 Å². The Balaban J connectivity index is 1.78. The van der Waals surface area contributed by atoms with Crippen molar-refractivity contribution in [1.29, 1.82) is 0 Å². The van der Waals surface area contributed by atoms with Crippen LogP contribution in [0.25, 0.3) is 0 Å². The van der Waals surface area contributed by atoms with Gasteiger partial charge in [0.1, 0.15) is 17.7 Å². The van der Waals surface area contributed by atoms with Gasteiger partial charge >= 0.3 is 0 Å². The fraction of sp³-hybridized carbons (Fsp3) is 0.750. The molecule has 5 nitrogen and oxygen atoms in total. The van der Waals surface area contributed by atoms with Crippen molar-refractivity contribution < 1.29 is 9.47 Å². The fourth-order valence-electron chi connectivity index (χ4n) is 2.98. The lowest BCUT2D eigenvalue weighted by Gasteiger charge is -2.29. The number of hydrogen-bond acceptors (Lipinski definition) is 5. The number of nitrogens with zero attached hydrogens (tertiary/aromatic N) is 2. The molecule has 116 valence electrons. The average Bonchev–Trinajstić information content (AvgIpc) is 3.34. The molecule has 1 aromatic heterocycles. The van der Waals surface area contributed by atoms with Crippen LogP contribution in [0.1, 0.15) is 55.8 Å². The lowest BCUT2D eigenvalue weighted by Crippen LogP contribution is -2.30. The Morgan fingerprint density at radius 3 is 2.52 bits per heavy atom. The molecule has 1 heterocycles. The molecule has 3 rings (SSSR count). The van der Waals surface area contributed by atoms with Crippen molar-refractivity contribution in [3.05, 3.63) is 11.4 Å². The van der Waals surface area contributed by atoms with Crippen LogP contribution >= 0.6 is 0 Å². The maximum Gasteiger partial charge on any atom is 0.222 e. The number of hydrogen-bond donors (Lipinski definition) is 1. The fourth-order valence-corrected chi connectivity index (χ4v) is 2.98. The summed E-state index contributed by atoms with van der Waals surface area (Å²) in [5.41, 5.74) is 1.00. The van der Waals surface area contributed by atoms with Crippen LogP contribution in [0.4, 0.5) is 5.82 Å². The monoisotopic (exact) mass is 291 g/mol. The lowest BCUT2D eigenvalue weighted by atomic mass is 9.95. The zero-order valence-corrected chi connectivity index (χ0v) is 13.2. The Morgan fingerprint density at radius 2 is 1.86 bits per heavy atom. The Kier molecular flexibility index (Phi) is 4.29. The topological polar surface area (TPSA) is 56.3 Å². The van der Waals surface area contributed by atoms with Gasteiger partial charge in [-0.15, -0.1) is 0 Å². The highest BCUT2D eigenvalue weighted by Gasteiger charge is 2.30. The molecule has 2 aliphatic carbocycles. The van der Waals surface area contributed by atoms with Crippen molar-refractivity contribution in [3.8, 4) is 5.88 Å². The van der Waals surface area contributed by atoms with Crippen molar-refractivity contribution in [2.24, 2.45) is 0 Å². The van der Waals surface area contributed by atoms with E-state index in [1.807, 2.05) is 14.0 Å². The van der Waals surface area contributed by atoms with Gasteiger partial charge in [0, 0.05) is 26.5 Å². The van der Waals surface area contributed by atoms with Gasteiger partial charge in [0.05, 0.1) is 11.7 Å². The van der Waals surface area contributed by atoms with Gasteiger partial charge in [0.15, 0.2) is 0 Å². The van der Waals surface area contributed by atoms with Gasteiger partial charge in [-0.05, 0) is 39.0 Å². The lowest BCUT2D eigenvalue weighted by molar-refractivity contribution is 0.0192. The summed E-state index contributed by atoms with van der Waals surface area (Å²) < 4.78 is 11.7. The molecule has 2 atom stereocenters. The number of rotatable bonds is 5. The Bertz CT molecular complexity index is 503. The molecule has 2 fully saturated rings. The Hall–Kier alpha value is -1.36. The summed E-state index contributed by atoms with van der Waals surface area (Å²) in [4.78, 5) is 9.28. The second-order valence-electron chi connectivity index (χ2n) is 6.15. The molecule has 2 saturated carbocycles. The predicted molar refractivity (Wildman–Crippen MR) is 82.0 cm³/mol. The van der Waals surface area contributed by atoms with E-state index in [1.165, 1.54) is 12.8 Å². The molecule has 1 aromatic rings. The van der Waals surface area contributed by atoms with Crippen LogP contribution in [-0.2, 0) is 4.74 Å². The molecule has 2 unspecified atom stereocenters. The maximum atomic E-state index is 6.21. The first-order valence-electron chi connectivity index (χ1n) is 7.97. The molecule has 0 radical (unpaired) electrons. The van der Waals surface area contributed by atoms with E-state index in [0.29, 0.717) is 12.0 Å². The zero-order valence-electron chi connectivity index (χ0n) is 13.2. The van der Waals surface area contributed by atoms with Crippen LogP contribution < -0.4 is 10.1 Å². The first kappa shape index (κ1) is 14.6. The minimum atomic E-state index is 0.203. The summed E-state index contributed by atoms with van der Waals surface area (Å²) in [5, 5.41) is 3.16. The van der Waals surface area contributed by atoms with Gasteiger partial charge in [-0.3, -0.25) is 0 Å². The second kappa shape index (κ2) is 6.18. The van der Waals surface area contributed by atoms with Gasteiger partial charge < -0.3 is 14.8 Å². The SMILES string of the molecule is CNc1nc(C2CC2)nc(OC2CCCC(OC)C2)c1C. The van der Waals surface area contributed by atoms with Crippen molar-refractivity contribution in [2.45, 2.75) is 63.6 Å². The van der Waals surface area contributed by atoms with E-state index in [-0.39, 0.29) is 6.10 Å². The van der Waals surface area contributed by atoms with E-state index in [2.05, 4.69) is 15.3 Å². The minimum Gasteiger partial charge on any atom is -0.474 e. The molecule has 1 N–H and O–H groups in total. The molecule has 5 heteroatoms. The summed E-state index contributed by atoms with van der Waals surface area (Å²) in [6.07, 6.45) is 7.23. The summed E-state index contributed by atoms with van der Waals surface area (Å²) >= 11 is 0. The van der Waals surface area contributed by atoms with Crippen LogP contribution in [-0.4, -0.2) is 36.3 Å². The summed E-state index contributed by atoms with van der Waals surface area (Å²) in [6, 6.07) is 0. The highest BCUT2D eigenvalue weighted by molar-refractivity contribution is 5.48. The molecular weight excluding hydrogens is 266 g/mol. The highest BCUT2D eigenvalue weighted by Crippen LogP contribution is 2.40. The largest absolute Gasteiger partial charge is 0.474 e. The minimum absolute atomic E-state index is 0.203. The maximum absolute atomic E-state index is 6.21. The van der Waals surface area contributed by atoms with E-state index in [0.717, 1.165) is 48.8 Å². The van der Waals surface area contributed by atoms with E-state index in [4.69, 9.17) is 9.47 Å². The predicted octanol–water partition coefficient (Wildman–Crippen LogP) is 3.04. The standard InChI is InChI=1S/C16H25N3O2/c1-10-14(17-2)18-15(11-7-8-11)19-16(10)21-13-6-4-5-12(9-13)20-3/h11-13H,4-9H2,1-3H3,(H,17,18,19). The normalized spacial score (nSPS) is 25.7. The first-order valence-corrected chi connectivity index (χ1v) is 7.97. The van der Waals surface area contributed by atoms with Crippen molar-refractivity contribution >= 4 is 5.82 Å². The molecule has 21 heavy (non-hydrogen) atoms. The van der Waals surface area contributed by atoms with Crippen molar-refractivity contribution in [2.75, 3.05) is 19.5 Å². The van der Waals surface area contributed by atoms with Crippen LogP contribution in [0.2, 0.25) is 0 Å².